The minimum Gasteiger partial charge on any atom is -0.377 e. The van der Waals surface area contributed by atoms with Crippen LogP contribution in [0.1, 0.15) is 39.0 Å². The standard InChI is InChI=1S/C14H25N3O3/c1-2-6-16-13(19)11-10-20-8-7-17(11)12(18)9-14(15)4-3-5-14/h11H,2-10,15H2,1H3,(H,16,19). The number of nitrogens with one attached hydrogen (secondary N) is 1. The Hall–Kier alpha value is -1.14. The zero-order valence-electron chi connectivity index (χ0n) is 12.2. The number of ether oxygens (including phenoxy) is 1. The van der Waals surface area contributed by atoms with Crippen LogP contribution in [0, 0.1) is 0 Å². The van der Waals surface area contributed by atoms with Crippen molar-refractivity contribution in [2.75, 3.05) is 26.3 Å². The van der Waals surface area contributed by atoms with E-state index >= 15 is 0 Å². The first kappa shape index (κ1) is 15.3. The summed E-state index contributed by atoms with van der Waals surface area (Å²) in [7, 11) is 0. The molecule has 0 aromatic heterocycles. The fraction of sp³-hybridized carbons (Fsp3) is 0.857. The lowest BCUT2D eigenvalue weighted by Crippen LogP contribution is -2.58. The number of carbonyl (C=O) groups excluding carboxylic acids is 2. The molecule has 0 spiro atoms. The van der Waals surface area contributed by atoms with Gasteiger partial charge in [0.1, 0.15) is 6.04 Å². The van der Waals surface area contributed by atoms with Gasteiger partial charge < -0.3 is 20.7 Å². The first-order valence-corrected chi connectivity index (χ1v) is 7.49. The first-order chi connectivity index (χ1) is 9.56. The van der Waals surface area contributed by atoms with Crippen molar-refractivity contribution in [3.8, 4) is 0 Å². The third kappa shape index (κ3) is 3.49. The maximum Gasteiger partial charge on any atom is 0.245 e. The minimum absolute atomic E-state index is 0.0212. The highest BCUT2D eigenvalue weighted by Gasteiger charge is 2.39. The summed E-state index contributed by atoms with van der Waals surface area (Å²) in [5.74, 6) is -0.147. The third-order valence-corrected chi connectivity index (χ3v) is 4.15. The molecule has 1 saturated heterocycles. The van der Waals surface area contributed by atoms with E-state index in [0.717, 1.165) is 25.7 Å². The molecular formula is C14H25N3O3. The second-order valence-corrected chi connectivity index (χ2v) is 5.86. The van der Waals surface area contributed by atoms with Gasteiger partial charge in [-0.05, 0) is 25.7 Å². The summed E-state index contributed by atoms with van der Waals surface area (Å²) in [6.45, 7) is 3.85. The number of nitrogens with zero attached hydrogens (tertiary/aromatic N) is 1. The lowest BCUT2D eigenvalue weighted by Gasteiger charge is -2.41. The maximum absolute atomic E-state index is 12.4. The molecule has 2 amide bonds. The highest BCUT2D eigenvalue weighted by molar-refractivity contribution is 5.88. The van der Waals surface area contributed by atoms with Crippen LogP contribution in [0.5, 0.6) is 0 Å². The van der Waals surface area contributed by atoms with E-state index < -0.39 is 6.04 Å². The van der Waals surface area contributed by atoms with E-state index in [4.69, 9.17) is 10.5 Å². The van der Waals surface area contributed by atoms with Crippen LogP contribution in [0.2, 0.25) is 0 Å². The minimum atomic E-state index is -0.508. The molecule has 6 heteroatoms. The number of amides is 2. The van der Waals surface area contributed by atoms with Gasteiger partial charge in [0.15, 0.2) is 0 Å². The van der Waals surface area contributed by atoms with Crippen molar-refractivity contribution in [1.82, 2.24) is 10.2 Å². The topological polar surface area (TPSA) is 84.7 Å². The smallest absolute Gasteiger partial charge is 0.245 e. The predicted octanol–water partition coefficient (Wildman–Crippen LogP) is 0.0115. The molecule has 0 aromatic rings. The molecule has 1 unspecified atom stereocenters. The van der Waals surface area contributed by atoms with Gasteiger partial charge in [-0.25, -0.2) is 0 Å². The average Bonchev–Trinajstić information content (AvgIpc) is 2.43. The van der Waals surface area contributed by atoms with Crippen LogP contribution in [0.25, 0.3) is 0 Å². The van der Waals surface area contributed by atoms with Gasteiger partial charge in [0, 0.05) is 25.0 Å². The highest BCUT2D eigenvalue weighted by Crippen LogP contribution is 2.33. The van der Waals surface area contributed by atoms with Crippen molar-refractivity contribution < 1.29 is 14.3 Å². The number of carbonyl (C=O) groups is 2. The van der Waals surface area contributed by atoms with Crippen molar-refractivity contribution in [3.05, 3.63) is 0 Å². The molecule has 0 bridgehead atoms. The largest absolute Gasteiger partial charge is 0.377 e. The van der Waals surface area contributed by atoms with Gasteiger partial charge in [0.2, 0.25) is 11.8 Å². The van der Waals surface area contributed by atoms with Gasteiger partial charge in [-0.3, -0.25) is 9.59 Å². The van der Waals surface area contributed by atoms with Gasteiger partial charge in [-0.2, -0.15) is 0 Å². The van der Waals surface area contributed by atoms with E-state index in [9.17, 15) is 9.59 Å². The number of morpholine rings is 1. The maximum atomic E-state index is 12.4. The molecule has 2 aliphatic rings. The van der Waals surface area contributed by atoms with Crippen molar-refractivity contribution in [1.29, 1.82) is 0 Å². The Morgan fingerprint density at radius 3 is 2.80 bits per heavy atom. The zero-order chi connectivity index (χ0) is 14.6. The van der Waals surface area contributed by atoms with Gasteiger partial charge in [-0.1, -0.05) is 6.92 Å². The van der Waals surface area contributed by atoms with E-state index in [1.54, 1.807) is 4.90 Å². The molecule has 1 heterocycles. The molecule has 2 rings (SSSR count). The zero-order valence-corrected chi connectivity index (χ0v) is 12.2. The van der Waals surface area contributed by atoms with Crippen LogP contribution >= 0.6 is 0 Å². The summed E-state index contributed by atoms with van der Waals surface area (Å²) in [5, 5.41) is 2.83. The Bertz CT molecular complexity index is 369. The molecule has 1 aliphatic heterocycles. The Kier molecular flexibility index (Phi) is 4.99. The number of hydrogen-bond acceptors (Lipinski definition) is 4. The van der Waals surface area contributed by atoms with Crippen LogP contribution in [0.4, 0.5) is 0 Å². The molecular weight excluding hydrogens is 258 g/mol. The Balaban J connectivity index is 1.95. The summed E-state index contributed by atoms with van der Waals surface area (Å²) in [5.41, 5.74) is 5.79. The van der Waals surface area contributed by atoms with Gasteiger partial charge in [-0.15, -0.1) is 0 Å². The van der Waals surface area contributed by atoms with Crippen LogP contribution < -0.4 is 11.1 Å². The molecule has 3 N–H and O–H groups in total. The van der Waals surface area contributed by atoms with Gasteiger partial charge in [0.05, 0.1) is 13.2 Å². The van der Waals surface area contributed by atoms with E-state index in [0.29, 0.717) is 26.1 Å². The third-order valence-electron chi connectivity index (χ3n) is 4.15. The number of rotatable bonds is 5. The summed E-state index contributed by atoms with van der Waals surface area (Å²) in [6, 6.07) is -0.508. The molecule has 20 heavy (non-hydrogen) atoms. The second-order valence-electron chi connectivity index (χ2n) is 5.86. The van der Waals surface area contributed by atoms with Crippen LogP contribution in [-0.2, 0) is 14.3 Å². The Morgan fingerprint density at radius 1 is 1.45 bits per heavy atom. The van der Waals surface area contributed by atoms with Gasteiger partial charge in [0.25, 0.3) is 0 Å². The normalized spacial score (nSPS) is 24.9. The fourth-order valence-corrected chi connectivity index (χ4v) is 2.70. The summed E-state index contributed by atoms with van der Waals surface area (Å²) in [6.07, 6.45) is 4.10. The molecule has 0 aromatic carbocycles. The molecule has 1 atom stereocenters. The number of nitrogens with two attached hydrogens (primary N) is 1. The van der Waals surface area contributed by atoms with Crippen LogP contribution in [-0.4, -0.2) is 54.6 Å². The molecule has 2 fully saturated rings. The van der Waals surface area contributed by atoms with Crippen LogP contribution in [0.15, 0.2) is 0 Å². The summed E-state index contributed by atoms with van der Waals surface area (Å²) >= 11 is 0. The van der Waals surface area contributed by atoms with Crippen molar-refractivity contribution in [3.63, 3.8) is 0 Å². The van der Waals surface area contributed by atoms with E-state index in [1.165, 1.54) is 0 Å². The molecule has 0 radical (unpaired) electrons. The molecule has 1 saturated carbocycles. The molecule has 1 aliphatic carbocycles. The van der Waals surface area contributed by atoms with Gasteiger partial charge >= 0.3 is 0 Å². The fourth-order valence-electron chi connectivity index (χ4n) is 2.70. The van der Waals surface area contributed by atoms with Crippen LogP contribution in [0.3, 0.4) is 0 Å². The highest BCUT2D eigenvalue weighted by atomic mass is 16.5. The van der Waals surface area contributed by atoms with Crippen molar-refractivity contribution in [2.24, 2.45) is 5.73 Å². The first-order valence-electron chi connectivity index (χ1n) is 7.49. The quantitative estimate of drug-likeness (QED) is 0.744. The SMILES string of the molecule is CCCNC(=O)C1COCCN1C(=O)CC1(N)CCC1. The summed E-state index contributed by atoms with van der Waals surface area (Å²) in [4.78, 5) is 26.2. The average molecular weight is 283 g/mol. The lowest BCUT2D eigenvalue weighted by atomic mass is 9.75. The Labute approximate surface area is 120 Å². The predicted molar refractivity (Wildman–Crippen MR) is 75.0 cm³/mol. The monoisotopic (exact) mass is 283 g/mol. The van der Waals surface area contributed by atoms with Crippen molar-refractivity contribution in [2.45, 2.75) is 50.6 Å². The summed E-state index contributed by atoms with van der Waals surface area (Å²) < 4.78 is 5.35. The second kappa shape index (κ2) is 6.54. The molecule has 114 valence electrons. The van der Waals surface area contributed by atoms with E-state index in [2.05, 4.69) is 5.32 Å². The van der Waals surface area contributed by atoms with E-state index in [-0.39, 0.29) is 24.0 Å². The van der Waals surface area contributed by atoms with E-state index in [1.807, 2.05) is 6.92 Å². The molecule has 6 nitrogen and oxygen atoms in total. The lowest BCUT2D eigenvalue weighted by molar-refractivity contribution is -0.149. The van der Waals surface area contributed by atoms with Crippen molar-refractivity contribution >= 4 is 11.8 Å². The Morgan fingerprint density at radius 2 is 2.20 bits per heavy atom. The number of hydrogen-bond donors (Lipinski definition) is 2.